The summed E-state index contributed by atoms with van der Waals surface area (Å²) in [6.07, 6.45) is 8.60. The maximum absolute atomic E-state index is 12.3. The monoisotopic (exact) mass is 374 g/mol. The van der Waals surface area contributed by atoms with E-state index in [9.17, 15) is 4.79 Å². The zero-order valence-corrected chi connectivity index (χ0v) is 16.3. The maximum atomic E-state index is 12.3. The Hall–Kier alpha value is -2.95. The molecule has 0 atom stereocenters. The number of benzene rings is 1. The van der Waals surface area contributed by atoms with Crippen LogP contribution in [0.1, 0.15) is 35.2 Å². The van der Waals surface area contributed by atoms with Crippen LogP contribution in [-0.2, 0) is 30.6 Å². The number of nitrogens with one attached hydrogen (secondary N) is 1. The highest BCUT2D eigenvalue weighted by molar-refractivity contribution is 5.78. The lowest BCUT2D eigenvalue weighted by molar-refractivity contribution is -0.120. The number of rotatable bonds is 6. The molecule has 0 fully saturated rings. The third-order valence-corrected chi connectivity index (χ3v) is 5.30. The van der Waals surface area contributed by atoms with Crippen molar-refractivity contribution in [2.75, 3.05) is 6.54 Å². The number of fused-ring (bicyclic) bond motifs is 1. The highest BCUT2D eigenvalue weighted by Gasteiger charge is 2.21. The molecule has 0 radical (unpaired) electrons. The molecule has 1 amide bonds. The van der Waals surface area contributed by atoms with Crippen LogP contribution < -0.4 is 5.32 Å². The third kappa shape index (κ3) is 4.14. The minimum Gasteiger partial charge on any atom is -0.354 e. The summed E-state index contributed by atoms with van der Waals surface area (Å²) in [5, 5.41) is 7.94. The smallest absolute Gasteiger partial charge is 0.224 e. The van der Waals surface area contributed by atoms with Gasteiger partial charge in [-0.2, -0.15) is 5.10 Å². The van der Waals surface area contributed by atoms with Gasteiger partial charge in [0.15, 0.2) is 0 Å². The second kappa shape index (κ2) is 8.38. The van der Waals surface area contributed by atoms with E-state index in [0.717, 1.165) is 29.7 Å². The Morgan fingerprint density at radius 2 is 1.96 bits per heavy atom. The summed E-state index contributed by atoms with van der Waals surface area (Å²) in [4.78, 5) is 16.4. The summed E-state index contributed by atoms with van der Waals surface area (Å²) in [6, 6.07) is 12.1. The molecule has 1 aromatic carbocycles. The summed E-state index contributed by atoms with van der Waals surface area (Å²) in [5.74, 6) is 0.0565. The molecule has 0 spiro atoms. The fourth-order valence-corrected chi connectivity index (χ4v) is 3.97. The molecular weight excluding hydrogens is 348 g/mol. The second-order valence-corrected chi connectivity index (χ2v) is 7.46. The van der Waals surface area contributed by atoms with Crippen LogP contribution >= 0.6 is 0 Å². The number of aromatic nitrogens is 3. The van der Waals surface area contributed by atoms with Crippen LogP contribution in [0.3, 0.4) is 0 Å². The molecule has 1 N–H and O–H groups in total. The molecule has 3 aromatic rings. The highest BCUT2D eigenvalue weighted by atomic mass is 16.1. The Morgan fingerprint density at radius 1 is 1.14 bits per heavy atom. The summed E-state index contributed by atoms with van der Waals surface area (Å²) < 4.78 is 2.09. The van der Waals surface area contributed by atoms with Crippen LogP contribution in [0.4, 0.5) is 0 Å². The lowest BCUT2D eigenvalue weighted by Crippen LogP contribution is -2.29. The van der Waals surface area contributed by atoms with Crippen LogP contribution in [0.25, 0.3) is 11.3 Å². The van der Waals surface area contributed by atoms with Crippen LogP contribution in [0.5, 0.6) is 0 Å². The first-order chi connectivity index (χ1) is 13.7. The van der Waals surface area contributed by atoms with Crippen molar-refractivity contribution in [1.82, 2.24) is 20.1 Å². The van der Waals surface area contributed by atoms with E-state index in [1.54, 1.807) is 0 Å². The molecule has 1 aliphatic carbocycles. The SMILES string of the molecule is Cc1cccc(CC(=O)NCCn2nc(-c3ccncc3)c3c2CCCC3)c1. The van der Waals surface area contributed by atoms with Gasteiger partial charge in [0, 0.05) is 35.8 Å². The number of hydrogen-bond acceptors (Lipinski definition) is 3. The van der Waals surface area contributed by atoms with E-state index < -0.39 is 0 Å². The quantitative estimate of drug-likeness (QED) is 0.718. The summed E-state index contributed by atoms with van der Waals surface area (Å²) in [7, 11) is 0. The zero-order valence-electron chi connectivity index (χ0n) is 16.3. The van der Waals surface area contributed by atoms with Crippen molar-refractivity contribution < 1.29 is 4.79 Å². The van der Waals surface area contributed by atoms with Crippen molar-refractivity contribution in [3.63, 3.8) is 0 Å². The van der Waals surface area contributed by atoms with Gasteiger partial charge in [-0.1, -0.05) is 29.8 Å². The van der Waals surface area contributed by atoms with E-state index in [4.69, 9.17) is 5.10 Å². The number of aryl methyl sites for hydroxylation is 1. The van der Waals surface area contributed by atoms with Crippen molar-refractivity contribution in [1.29, 1.82) is 0 Å². The molecular formula is C23H26N4O. The number of carbonyl (C=O) groups is 1. The van der Waals surface area contributed by atoms with Gasteiger partial charge < -0.3 is 5.32 Å². The molecule has 0 aliphatic heterocycles. The molecule has 4 rings (SSSR count). The van der Waals surface area contributed by atoms with E-state index in [0.29, 0.717) is 19.5 Å². The first kappa shape index (κ1) is 18.4. The maximum Gasteiger partial charge on any atom is 0.224 e. The van der Waals surface area contributed by atoms with Crippen LogP contribution in [-0.4, -0.2) is 27.2 Å². The zero-order chi connectivity index (χ0) is 19.3. The van der Waals surface area contributed by atoms with Crippen molar-refractivity contribution in [2.45, 2.75) is 45.6 Å². The number of hydrogen-bond donors (Lipinski definition) is 1. The molecule has 5 nitrogen and oxygen atoms in total. The molecule has 28 heavy (non-hydrogen) atoms. The normalized spacial score (nSPS) is 13.2. The minimum absolute atomic E-state index is 0.0565. The van der Waals surface area contributed by atoms with E-state index in [1.807, 2.05) is 49.6 Å². The first-order valence-corrected chi connectivity index (χ1v) is 10.0. The Morgan fingerprint density at radius 3 is 2.79 bits per heavy atom. The third-order valence-electron chi connectivity index (χ3n) is 5.30. The second-order valence-electron chi connectivity index (χ2n) is 7.46. The molecule has 5 heteroatoms. The lowest BCUT2D eigenvalue weighted by atomic mass is 9.94. The van der Waals surface area contributed by atoms with Crippen molar-refractivity contribution in [3.8, 4) is 11.3 Å². The lowest BCUT2D eigenvalue weighted by Gasteiger charge is -2.14. The van der Waals surface area contributed by atoms with E-state index in [1.165, 1.54) is 29.7 Å². The Kier molecular flexibility index (Phi) is 5.51. The topological polar surface area (TPSA) is 59.8 Å². The molecule has 0 unspecified atom stereocenters. The van der Waals surface area contributed by atoms with Crippen LogP contribution in [0, 0.1) is 6.92 Å². The van der Waals surface area contributed by atoms with Gasteiger partial charge in [-0.15, -0.1) is 0 Å². The number of carbonyl (C=O) groups excluding carboxylic acids is 1. The van der Waals surface area contributed by atoms with Crippen molar-refractivity contribution >= 4 is 5.91 Å². The minimum atomic E-state index is 0.0565. The van der Waals surface area contributed by atoms with E-state index >= 15 is 0 Å². The van der Waals surface area contributed by atoms with Gasteiger partial charge in [0.1, 0.15) is 0 Å². The fourth-order valence-electron chi connectivity index (χ4n) is 3.97. The number of nitrogens with zero attached hydrogens (tertiary/aromatic N) is 3. The average Bonchev–Trinajstić information content (AvgIpc) is 3.08. The molecule has 2 heterocycles. The Balaban J connectivity index is 1.42. The van der Waals surface area contributed by atoms with Crippen molar-refractivity contribution in [2.24, 2.45) is 0 Å². The Labute approximate surface area is 165 Å². The van der Waals surface area contributed by atoms with Gasteiger partial charge in [-0.25, -0.2) is 0 Å². The molecule has 0 bridgehead atoms. The van der Waals surface area contributed by atoms with Crippen LogP contribution in [0.15, 0.2) is 48.8 Å². The van der Waals surface area contributed by atoms with Gasteiger partial charge in [0.25, 0.3) is 0 Å². The van der Waals surface area contributed by atoms with Gasteiger partial charge in [0.2, 0.25) is 5.91 Å². The van der Waals surface area contributed by atoms with Gasteiger partial charge in [0.05, 0.1) is 18.7 Å². The molecule has 1 aliphatic rings. The standard InChI is InChI=1S/C23H26N4O/c1-17-5-4-6-18(15-17)16-22(28)25-13-14-27-21-8-3-2-7-20(21)23(26-27)19-9-11-24-12-10-19/h4-6,9-12,15H,2-3,7-8,13-14,16H2,1H3,(H,25,28). The highest BCUT2D eigenvalue weighted by Crippen LogP contribution is 2.30. The van der Waals surface area contributed by atoms with Crippen molar-refractivity contribution in [3.05, 3.63) is 71.2 Å². The summed E-state index contributed by atoms with van der Waals surface area (Å²) in [6.45, 7) is 3.34. The van der Waals surface area contributed by atoms with E-state index in [-0.39, 0.29) is 5.91 Å². The molecule has 0 saturated heterocycles. The van der Waals surface area contributed by atoms with Crippen LogP contribution in [0.2, 0.25) is 0 Å². The van der Waals surface area contributed by atoms with E-state index in [2.05, 4.69) is 21.0 Å². The number of pyridine rings is 1. The Bertz CT molecular complexity index is 962. The molecule has 144 valence electrons. The fraction of sp³-hybridized carbons (Fsp3) is 0.348. The molecule has 0 saturated carbocycles. The number of amides is 1. The molecule has 2 aromatic heterocycles. The predicted molar refractivity (Wildman–Crippen MR) is 110 cm³/mol. The van der Waals surface area contributed by atoms with Gasteiger partial charge in [-0.05, 0) is 50.3 Å². The average molecular weight is 374 g/mol. The largest absolute Gasteiger partial charge is 0.354 e. The van der Waals surface area contributed by atoms with Gasteiger partial charge >= 0.3 is 0 Å². The summed E-state index contributed by atoms with van der Waals surface area (Å²) >= 11 is 0. The summed E-state index contributed by atoms with van der Waals surface area (Å²) in [5.41, 5.74) is 7.11. The first-order valence-electron chi connectivity index (χ1n) is 10.0. The predicted octanol–water partition coefficient (Wildman–Crippen LogP) is 3.49. The van der Waals surface area contributed by atoms with Gasteiger partial charge in [-0.3, -0.25) is 14.5 Å².